The Morgan fingerprint density at radius 1 is 1.15 bits per heavy atom. The normalized spacial score (nSPS) is 16.4. The highest BCUT2D eigenvalue weighted by Gasteiger charge is 2.37. The molecule has 1 aromatic rings. The van der Waals surface area contributed by atoms with Gasteiger partial charge in [-0.3, -0.25) is 14.9 Å². The van der Waals surface area contributed by atoms with Crippen molar-refractivity contribution in [1.82, 2.24) is 5.32 Å². The maximum Gasteiger partial charge on any atom is 0.419 e. The number of alkyl halides is 3. The molecule has 1 heterocycles. The van der Waals surface area contributed by atoms with Gasteiger partial charge >= 0.3 is 12.2 Å². The summed E-state index contributed by atoms with van der Waals surface area (Å²) >= 11 is 0. The molecule has 0 aromatic heterocycles. The van der Waals surface area contributed by atoms with Crippen molar-refractivity contribution in [2.75, 3.05) is 4.90 Å². The second-order valence-electron chi connectivity index (χ2n) is 3.92. The van der Waals surface area contributed by atoms with Gasteiger partial charge in [0, 0.05) is 0 Å². The van der Waals surface area contributed by atoms with Crippen molar-refractivity contribution in [3.05, 3.63) is 29.6 Å². The van der Waals surface area contributed by atoms with Crippen LogP contribution in [0.25, 0.3) is 0 Å². The van der Waals surface area contributed by atoms with Crippen LogP contribution in [0, 0.1) is 5.82 Å². The van der Waals surface area contributed by atoms with Crippen molar-refractivity contribution >= 4 is 23.5 Å². The number of imide groups is 2. The van der Waals surface area contributed by atoms with Gasteiger partial charge in [0.1, 0.15) is 12.2 Å². The summed E-state index contributed by atoms with van der Waals surface area (Å²) in [5.41, 5.74) is -2.07. The first-order chi connectivity index (χ1) is 9.20. The molecule has 0 saturated carbocycles. The van der Waals surface area contributed by atoms with Gasteiger partial charge in [-0.2, -0.15) is 13.2 Å². The van der Waals surface area contributed by atoms with E-state index in [9.17, 15) is 31.9 Å². The molecule has 0 bridgehead atoms. The van der Waals surface area contributed by atoms with Crippen molar-refractivity contribution in [2.45, 2.75) is 12.6 Å². The maximum absolute atomic E-state index is 13.1. The lowest BCUT2D eigenvalue weighted by Gasteiger charge is -2.25. The lowest BCUT2D eigenvalue weighted by molar-refractivity contribution is -0.140. The van der Waals surface area contributed by atoms with E-state index >= 15 is 0 Å². The fraction of sp³-hybridized carbons (Fsp3) is 0.182. The number of anilines is 1. The lowest BCUT2D eigenvalue weighted by atomic mass is 10.1. The van der Waals surface area contributed by atoms with Crippen molar-refractivity contribution in [3.63, 3.8) is 0 Å². The predicted molar refractivity (Wildman–Crippen MR) is 57.0 cm³/mol. The Kier molecular flexibility index (Phi) is 3.20. The van der Waals surface area contributed by atoms with Crippen LogP contribution in [0.5, 0.6) is 0 Å². The minimum Gasteiger partial charge on any atom is -0.277 e. The zero-order valence-corrected chi connectivity index (χ0v) is 9.62. The summed E-state index contributed by atoms with van der Waals surface area (Å²) in [5.74, 6) is -3.37. The van der Waals surface area contributed by atoms with Crippen LogP contribution < -0.4 is 10.2 Å². The third-order valence-electron chi connectivity index (χ3n) is 2.52. The molecule has 1 aliphatic rings. The molecule has 0 radical (unpaired) electrons. The first-order valence-corrected chi connectivity index (χ1v) is 5.23. The number of nitrogens with one attached hydrogen (secondary N) is 1. The average Bonchev–Trinajstić information content (AvgIpc) is 2.28. The van der Waals surface area contributed by atoms with Gasteiger partial charge in [-0.1, -0.05) is 0 Å². The van der Waals surface area contributed by atoms with Crippen molar-refractivity contribution in [2.24, 2.45) is 0 Å². The number of hydrogen-bond acceptors (Lipinski definition) is 3. The summed E-state index contributed by atoms with van der Waals surface area (Å²) in [6.45, 7) is 0. The van der Waals surface area contributed by atoms with Crippen molar-refractivity contribution in [1.29, 1.82) is 0 Å². The summed E-state index contributed by atoms with van der Waals surface area (Å²) in [6.07, 6.45) is -5.64. The van der Waals surface area contributed by atoms with E-state index < -0.39 is 47.5 Å². The summed E-state index contributed by atoms with van der Waals surface area (Å²) in [4.78, 5) is 34.3. The Labute approximate surface area is 109 Å². The maximum atomic E-state index is 13.1. The molecule has 2 rings (SSSR count). The largest absolute Gasteiger partial charge is 0.419 e. The number of carbonyl (C=O) groups excluding carboxylic acids is 3. The number of nitrogens with zero attached hydrogens (tertiary/aromatic N) is 1. The number of urea groups is 1. The van der Waals surface area contributed by atoms with Gasteiger partial charge in [0.25, 0.3) is 0 Å². The molecule has 5 nitrogen and oxygen atoms in total. The zero-order chi connectivity index (χ0) is 15.1. The number of carbonyl (C=O) groups is 3. The molecular weight excluding hydrogens is 284 g/mol. The summed E-state index contributed by atoms with van der Waals surface area (Å²) in [6, 6.07) is 0.501. The molecule has 0 unspecified atom stereocenters. The van der Waals surface area contributed by atoms with Gasteiger partial charge in [0.15, 0.2) is 0 Å². The molecule has 0 atom stereocenters. The van der Waals surface area contributed by atoms with Crippen LogP contribution in [-0.4, -0.2) is 17.8 Å². The number of benzene rings is 1. The molecule has 106 valence electrons. The van der Waals surface area contributed by atoms with E-state index in [1.807, 2.05) is 0 Å². The third-order valence-corrected chi connectivity index (χ3v) is 2.52. The van der Waals surface area contributed by atoms with E-state index in [-0.39, 0.29) is 0 Å². The lowest BCUT2D eigenvalue weighted by Crippen LogP contribution is -2.53. The van der Waals surface area contributed by atoms with Gasteiger partial charge in [-0.05, 0) is 18.2 Å². The molecule has 1 fully saturated rings. The number of hydrogen-bond donors (Lipinski definition) is 1. The fourth-order valence-corrected chi connectivity index (χ4v) is 1.68. The third kappa shape index (κ3) is 2.46. The van der Waals surface area contributed by atoms with E-state index in [0.29, 0.717) is 17.0 Å². The highest BCUT2D eigenvalue weighted by molar-refractivity contribution is 6.26. The summed E-state index contributed by atoms with van der Waals surface area (Å²) < 4.78 is 50.8. The van der Waals surface area contributed by atoms with Crippen LogP contribution in [0.3, 0.4) is 0 Å². The van der Waals surface area contributed by atoms with E-state index in [1.165, 1.54) is 0 Å². The molecule has 1 saturated heterocycles. The first-order valence-electron chi connectivity index (χ1n) is 5.23. The van der Waals surface area contributed by atoms with Crippen LogP contribution in [0.15, 0.2) is 18.2 Å². The van der Waals surface area contributed by atoms with Crippen molar-refractivity contribution in [3.8, 4) is 0 Å². The Bertz CT molecular complexity index is 592. The standard InChI is InChI=1S/C11H6F4N2O3/c12-7-2-1-5(3-6(7)11(13,14)15)17-9(19)4-8(18)16-10(17)20/h1-3H,4H2,(H,16,18,20). The minimum absolute atomic E-state index is 0.336. The van der Waals surface area contributed by atoms with Crippen LogP contribution in [-0.2, 0) is 15.8 Å². The number of rotatable bonds is 1. The smallest absolute Gasteiger partial charge is 0.277 e. The second kappa shape index (κ2) is 4.58. The summed E-state index contributed by atoms with van der Waals surface area (Å²) in [7, 11) is 0. The van der Waals surface area contributed by atoms with Crippen LogP contribution in [0.1, 0.15) is 12.0 Å². The van der Waals surface area contributed by atoms with Crippen LogP contribution in [0.4, 0.5) is 28.0 Å². The van der Waals surface area contributed by atoms with E-state index in [2.05, 4.69) is 0 Å². The van der Waals surface area contributed by atoms with E-state index in [4.69, 9.17) is 0 Å². The van der Waals surface area contributed by atoms with E-state index in [0.717, 1.165) is 6.07 Å². The Morgan fingerprint density at radius 3 is 2.35 bits per heavy atom. The highest BCUT2D eigenvalue weighted by atomic mass is 19.4. The number of halogens is 4. The Morgan fingerprint density at radius 2 is 1.80 bits per heavy atom. The molecule has 0 spiro atoms. The quantitative estimate of drug-likeness (QED) is 0.633. The second-order valence-corrected chi connectivity index (χ2v) is 3.92. The highest BCUT2D eigenvalue weighted by Crippen LogP contribution is 2.34. The Hall–Kier alpha value is -2.45. The SMILES string of the molecule is O=C1CC(=O)N(c2ccc(F)c(C(F)(F)F)c2)C(=O)N1. The molecule has 1 aliphatic heterocycles. The molecule has 4 amide bonds. The Balaban J connectivity index is 2.46. The molecule has 9 heteroatoms. The zero-order valence-electron chi connectivity index (χ0n) is 9.62. The van der Waals surface area contributed by atoms with Crippen molar-refractivity contribution < 1.29 is 31.9 Å². The van der Waals surface area contributed by atoms with Crippen LogP contribution >= 0.6 is 0 Å². The predicted octanol–water partition coefficient (Wildman–Crippen LogP) is 1.82. The molecule has 1 aromatic carbocycles. The summed E-state index contributed by atoms with van der Waals surface area (Å²) in [5, 5.41) is 1.78. The molecule has 0 aliphatic carbocycles. The molecule has 1 N–H and O–H groups in total. The number of amides is 4. The van der Waals surface area contributed by atoms with Gasteiger partial charge < -0.3 is 0 Å². The monoisotopic (exact) mass is 290 g/mol. The van der Waals surface area contributed by atoms with Gasteiger partial charge in [0.2, 0.25) is 11.8 Å². The minimum atomic E-state index is -4.97. The van der Waals surface area contributed by atoms with Gasteiger partial charge in [0.05, 0.1) is 11.3 Å². The average molecular weight is 290 g/mol. The van der Waals surface area contributed by atoms with E-state index in [1.54, 1.807) is 5.32 Å². The topological polar surface area (TPSA) is 66.5 Å². The van der Waals surface area contributed by atoms with Gasteiger partial charge in [-0.15, -0.1) is 0 Å². The molecule has 20 heavy (non-hydrogen) atoms. The van der Waals surface area contributed by atoms with Crippen LogP contribution in [0.2, 0.25) is 0 Å². The molecular formula is C11H6F4N2O3. The van der Waals surface area contributed by atoms with Gasteiger partial charge in [-0.25, -0.2) is 14.1 Å². The first kappa shape index (κ1) is 14.0. The number of barbiturate groups is 1. The fourth-order valence-electron chi connectivity index (χ4n) is 1.68.